The Balaban J connectivity index is -0.000000206. The summed E-state index contributed by atoms with van der Waals surface area (Å²) in [6.45, 7) is 6.13. The maximum atomic E-state index is 5.48. The van der Waals surface area contributed by atoms with Gasteiger partial charge in [-0.15, -0.1) is 12.8 Å². The Bertz CT molecular complexity index is 226. The van der Waals surface area contributed by atoms with Gasteiger partial charge in [-0.25, -0.2) is 0 Å². The summed E-state index contributed by atoms with van der Waals surface area (Å²) < 4.78 is 4.25. The van der Waals surface area contributed by atoms with E-state index in [1.54, 1.807) is 14.2 Å². The van der Waals surface area contributed by atoms with Crippen LogP contribution >= 0.6 is 0 Å². The number of methoxy groups -OCH3 is 1. The molecule has 0 saturated carbocycles. The van der Waals surface area contributed by atoms with Gasteiger partial charge in [0, 0.05) is 19.9 Å². The molecule has 0 amide bonds. The number of ether oxygens (including phenoxy) is 1. The maximum Gasteiger partial charge on any atom is 0.0351 e. The van der Waals surface area contributed by atoms with Crippen molar-refractivity contribution < 1.29 is 4.74 Å². The molecule has 0 aliphatic carbocycles. The van der Waals surface area contributed by atoms with Gasteiger partial charge >= 0.3 is 0 Å². The first-order chi connectivity index (χ1) is 7.74. The standard InChI is InChI=1S/C8H11N.C2H6O.C2H6.C2H2/c1-2-7-3-5-8(9)6-4-7;1-3-2;2*1-2/h3-6H,2,9H2,1H3;1-2H3;1-2H3;1-2H. The molecule has 0 heterocycles. The molecule has 92 valence electrons. The summed E-state index contributed by atoms with van der Waals surface area (Å²) in [5.74, 6) is 0. The Kier molecular flexibility index (Phi) is 24.0. The van der Waals surface area contributed by atoms with Gasteiger partial charge in [-0.05, 0) is 24.1 Å². The number of nitrogen functional groups attached to an aromatic ring is 1. The van der Waals surface area contributed by atoms with Crippen LogP contribution < -0.4 is 5.73 Å². The molecule has 0 radical (unpaired) electrons. The molecule has 0 fully saturated rings. The van der Waals surface area contributed by atoms with Crippen LogP contribution in [0.3, 0.4) is 0 Å². The first-order valence-electron chi connectivity index (χ1n) is 5.32. The largest absolute Gasteiger partial charge is 0.399 e. The maximum absolute atomic E-state index is 5.48. The molecule has 0 atom stereocenters. The van der Waals surface area contributed by atoms with Gasteiger partial charge in [0.15, 0.2) is 0 Å². The third-order valence-corrected chi connectivity index (χ3v) is 1.39. The number of terminal acetylenes is 1. The minimum Gasteiger partial charge on any atom is -0.399 e. The van der Waals surface area contributed by atoms with Crippen molar-refractivity contribution in [2.45, 2.75) is 27.2 Å². The van der Waals surface area contributed by atoms with Gasteiger partial charge in [0.05, 0.1) is 0 Å². The van der Waals surface area contributed by atoms with E-state index >= 15 is 0 Å². The topological polar surface area (TPSA) is 35.2 Å². The fraction of sp³-hybridized carbons (Fsp3) is 0.429. The molecular formula is C14H25NO. The zero-order valence-electron chi connectivity index (χ0n) is 11.2. The molecule has 1 aromatic carbocycles. The van der Waals surface area contributed by atoms with Gasteiger partial charge < -0.3 is 10.5 Å². The van der Waals surface area contributed by atoms with E-state index < -0.39 is 0 Å². The Hall–Kier alpha value is -1.46. The van der Waals surface area contributed by atoms with Gasteiger partial charge in [0.2, 0.25) is 0 Å². The number of hydrogen-bond donors (Lipinski definition) is 1. The second-order valence-corrected chi connectivity index (χ2v) is 2.50. The summed E-state index contributed by atoms with van der Waals surface area (Å²) in [6, 6.07) is 7.96. The first-order valence-corrected chi connectivity index (χ1v) is 5.32. The minimum atomic E-state index is 0.840. The van der Waals surface area contributed by atoms with E-state index in [-0.39, 0.29) is 0 Å². The van der Waals surface area contributed by atoms with E-state index in [1.807, 2.05) is 26.0 Å². The van der Waals surface area contributed by atoms with Gasteiger partial charge in [-0.2, -0.15) is 0 Å². The van der Waals surface area contributed by atoms with E-state index in [0.29, 0.717) is 0 Å². The second-order valence-electron chi connectivity index (χ2n) is 2.50. The number of rotatable bonds is 1. The average molecular weight is 223 g/mol. The van der Waals surface area contributed by atoms with Crippen LogP contribution in [0.1, 0.15) is 26.3 Å². The lowest BCUT2D eigenvalue weighted by molar-refractivity contribution is 0.277. The summed E-state index contributed by atoms with van der Waals surface area (Å²) in [5.41, 5.74) is 7.66. The van der Waals surface area contributed by atoms with Crippen LogP contribution in [-0.2, 0) is 11.2 Å². The molecule has 0 aliphatic rings. The lowest BCUT2D eigenvalue weighted by Crippen LogP contribution is -1.84. The monoisotopic (exact) mass is 223 g/mol. The summed E-state index contributed by atoms with van der Waals surface area (Å²) in [7, 11) is 3.25. The molecule has 2 heteroatoms. The predicted molar refractivity (Wildman–Crippen MR) is 74.4 cm³/mol. The van der Waals surface area contributed by atoms with E-state index in [9.17, 15) is 0 Å². The highest BCUT2D eigenvalue weighted by atomic mass is 16.4. The SMILES string of the molecule is C#C.CC.CCc1ccc(N)cc1.COC. The predicted octanol–water partition coefficient (Wildman–Crippen LogP) is 3.37. The number of benzene rings is 1. The van der Waals surface area contributed by atoms with Crippen molar-refractivity contribution in [3.63, 3.8) is 0 Å². The minimum absolute atomic E-state index is 0.840. The van der Waals surface area contributed by atoms with Gasteiger partial charge in [-0.1, -0.05) is 32.9 Å². The third kappa shape index (κ3) is 15.0. The highest BCUT2D eigenvalue weighted by Crippen LogP contribution is 2.04. The molecule has 0 unspecified atom stereocenters. The number of anilines is 1. The molecule has 2 N–H and O–H groups in total. The van der Waals surface area contributed by atoms with Gasteiger partial charge in [0.1, 0.15) is 0 Å². The molecule has 1 aromatic rings. The van der Waals surface area contributed by atoms with Crippen molar-refractivity contribution in [2.75, 3.05) is 20.0 Å². The highest BCUT2D eigenvalue weighted by molar-refractivity contribution is 5.39. The molecule has 0 bridgehead atoms. The van der Waals surface area contributed by atoms with Crippen molar-refractivity contribution >= 4 is 5.69 Å². The van der Waals surface area contributed by atoms with E-state index in [4.69, 9.17) is 5.73 Å². The lowest BCUT2D eigenvalue weighted by Gasteiger charge is -1.94. The summed E-state index contributed by atoms with van der Waals surface area (Å²) in [6.07, 6.45) is 9.08. The normalized spacial score (nSPS) is 6.94. The Morgan fingerprint density at radius 1 is 1.06 bits per heavy atom. The molecule has 0 aliphatic heterocycles. The van der Waals surface area contributed by atoms with E-state index in [0.717, 1.165) is 12.1 Å². The summed E-state index contributed by atoms with van der Waals surface area (Å²) in [5, 5.41) is 0. The number of aryl methyl sites for hydroxylation is 1. The quantitative estimate of drug-likeness (QED) is 0.585. The molecule has 16 heavy (non-hydrogen) atoms. The van der Waals surface area contributed by atoms with E-state index in [1.165, 1.54) is 5.56 Å². The fourth-order valence-electron chi connectivity index (χ4n) is 0.753. The second kappa shape index (κ2) is 19.2. The molecule has 0 spiro atoms. The van der Waals surface area contributed by atoms with Crippen LogP contribution in [0, 0.1) is 12.8 Å². The molecular weight excluding hydrogens is 198 g/mol. The van der Waals surface area contributed by atoms with Crippen LogP contribution in [0.25, 0.3) is 0 Å². The fourth-order valence-corrected chi connectivity index (χ4v) is 0.753. The smallest absolute Gasteiger partial charge is 0.0351 e. The zero-order valence-corrected chi connectivity index (χ0v) is 11.2. The third-order valence-electron chi connectivity index (χ3n) is 1.39. The van der Waals surface area contributed by atoms with Crippen molar-refractivity contribution in [3.05, 3.63) is 29.8 Å². The van der Waals surface area contributed by atoms with Gasteiger partial charge in [-0.3, -0.25) is 0 Å². The van der Waals surface area contributed by atoms with Crippen LogP contribution in [-0.4, -0.2) is 14.2 Å². The molecule has 0 aromatic heterocycles. The van der Waals surface area contributed by atoms with Crippen LogP contribution in [0.2, 0.25) is 0 Å². The summed E-state index contributed by atoms with van der Waals surface area (Å²) >= 11 is 0. The van der Waals surface area contributed by atoms with Crippen molar-refractivity contribution in [1.82, 2.24) is 0 Å². The van der Waals surface area contributed by atoms with Crippen LogP contribution in [0.5, 0.6) is 0 Å². The Morgan fingerprint density at radius 2 is 1.38 bits per heavy atom. The lowest BCUT2D eigenvalue weighted by atomic mass is 10.2. The van der Waals surface area contributed by atoms with Crippen molar-refractivity contribution in [1.29, 1.82) is 0 Å². The Labute approximate surface area is 101 Å². The highest BCUT2D eigenvalue weighted by Gasteiger charge is 1.85. The molecule has 1 rings (SSSR count). The Morgan fingerprint density at radius 3 is 1.62 bits per heavy atom. The molecule has 0 saturated heterocycles. The summed E-state index contributed by atoms with van der Waals surface area (Å²) in [4.78, 5) is 0. The van der Waals surface area contributed by atoms with Crippen LogP contribution in [0.15, 0.2) is 24.3 Å². The number of nitrogens with two attached hydrogens (primary N) is 1. The van der Waals surface area contributed by atoms with Crippen LogP contribution in [0.4, 0.5) is 5.69 Å². The number of hydrogen-bond acceptors (Lipinski definition) is 2. The molecule has 2 nitrogen and oxygen atoms in total. The van der Waals surface area contributed by atoms with Crippen molar-refractivity contribution in [3.8, 4) is 12.8 Å². The zero-order chi connectivity index (χ0) is 13.4. The van der Waals surface area contributed by atoms with Gasteiger partial charge in [0.25, 0.3) is 0 Å². The average Bonchev–Trinajstić information content (AvgIpc) is 2.36. The van der Waals surface area contributed by atoms with E-state index in [2.05, 4.69) is 36.6 Å². The van der Waals surface area contributed by atoms with Crippen molar-refractivity contribution in [2.24, 2.45) is 0 Å². The first kappa shape index (κ1) is 20.0.